The molecule has 1 aliphatic rings. The molecule has 5 N–H and O–H groups in total. The van der Waals surface area contributed by atoms with Crippen LogP contribution in [0.2, 0.25) is 10.3 Å². The summed E-state index contributed by atoms with van der Waals surface area (Å²) in [6.07, 6.45) is 3.00. The molecule has 2 unspecified atom stereocenters. The summed E-state index contributed by atoms with van der Waals surface area (Å²) in [7, 11) is 32.3. The van der Waals surface area contributed by atoms with Gasteiger partial charge in [0.05, 0.1) is 44.9 Å². The van der Waals surface area contributed by atoms with E-state index in [-0.39, 0.29) is 47.2 Å². The lowest BCUT2D eigenvalue weighted by molar-refractivity contribution is -0.145. The number of esters is 1. The SMILES string of the molecule is [B]C([B])([B])C([B])([B])n1nc(Cl)c2c1-c1cnc(NCOC(=O)C(N)C(C)CC)c(c1)O[C@H](C)c1cc(F)ccc1/C(N)=C(/C=NC)C2. The highest BCUT2D eigenvalue weighted by molar-refractivity contribution is 6.66. The number of aliphatic imine (C=N–C) groups is 1. The quantitative estimate of drug-likeness (QED) is 0.139. The van der Waals surface area contributed by atoms with E-state index in [2.05, 4.69) is 20.4 Å². The van der Waals surface area contributed by atoms with Crippen molar-refractivity contribution in [3.8, 4) is 17.0 Å². The number of hydrogen-bond donors (Lipinski definition) is 3. The van der Waals surface area contributed by atoms with Gasteiger partial charge < -0.3 is 26.3 Å². The number of hydrogen-bond acceptors (Lipinski definition) is 9. The van der Waals surface area contributed by atoms with Gasteiger partial charge in [0.1, 0.15) is 18.0 Å². The van der Waals surface area contributed by atoms with E-state index in [1.807, 2.05) is 13.8 Å². The smallest absolute Gasteiger partial charge is 0.324 e. The molecular formula is C30H32B5ClFN7O3. The molecule has 1 aromatic carbocycles. The number of allylic oxidation sites excluding steroid dienone is 1. The first-order chi connectivity index (χ1) is 22.0. The molecule has 0 spiro atoms. The van der Waals surface area contributed by atoms with E-state index in [4.69, 9.17) is 71.8 Å². The lowest BCUT2D eigenvalue weighted by Gasteiger charge is -2.43. The summed E-state index contributed by atoms with van der Waals surface area (Å²) in [5, 5.41) is 2.96. The van der Waals surface area contributed by atoms with Gasteiger partial charge in [0, 0.05) is 53.8 Å². The first kappa shape index (κ1) is 36.2. The van der Waals surface area contributed by atoms with Crippen molar-refractivity contribution in [2.45, 2.75) is 56.2 Å². The van der Waals surface area contributed by atoms with Gasteiger partial charge >= 0.3 is 5.97 Å². The standard InChI is InChI=1S/C30H32B5ClFN7O3/c1-5-14(2)23(38)28(45)46-13-42-27-22-9-17(12-41-27)25-21(26(36)43-44(25)30(34,35)29(31,32)33)8-16(11-40-4)24(39)19-7-6-18(37)10-20(19)15(3)47-22/h6-7,9-12,14-15,23H,5,8,13,38-39H2,1-4H3,(H,41,42)/b24-16-,40-11?/t14?,15-,23?/m1/s1. The van der Waals surface area contributed by atoms with Gasteiger partial charge in [-0.2, -0.15) is 5.10 Å². The largest absolute Gasteiger partial charge is 0.482 e. The topological polar surface area (TPSA) is 143 Å². The monoisotopic (exact) mass is 647 g/mol. The highest BCUT2D eigenvalue weighted by Gasteiger charge is 2.37. The van der Waals surface area contributed by atoms with E-state index in [0.29, 0.717) is 34.2 Å². The highest BCUT2D eigenvalue weighted by atomic mass is 35.5. The van der Waals surface area contributed by atoms with Gasteiger partial charge in [-0.25, -0.2) is 9.37 Å². The summed E-state index contributed by atoms with van der Waals surface area (Å²) in [5.74, 6) is -0.818. The van der Waals surface area contributed by atoms with E-state index in [1.165, 1.54) is 18.3 Å². The molecule has 1 aliphatic heterocycles. The van der Waals surface area contributed by atoms with E-state index < -0.39 is 34.4 Å². The third-order valence-electron chi connectivity index (χ3n) is 8.13. The van der Waals surface area contributed by atoms with Crippen LogP contribution in [-0.2, 0) is 21.3 Å². The summed E-state index contributed by atoms with van der Waals surface area (Å²) in [4.78, 5) is 21.2. The van der Waals surface area contributed by atoms with Crippen molar-refractivity contribution in [2.75, 3.05) is 19.1 Å². The van der Waals surface area contributed by atoms with Crippen LogP contribution in [0.5, 0.6) is 5.75 Å². The third-order valence-corrected chi connectivity index (χ3v) is 8.44. The van der Waals surface area contributed by atoms with Crippen LogP contribution in [0.15, 0.2) is 41.0 Å². The van der Waals surface area contributed by atoms with Gasteiger partial charge in [0.25, 0.3) is 0 Å². The van der Waals surface area contributed by atoms with Crippen molar-refractivity contribution < 1.29 is 18.7 Å². The number of halogens is 2. The average Bonchev–Trinajstić information content (AvgIpc) is 3.35. The Hall–Kier alpha value is -3.64. The minimum atomic E-state index is -2.17. The molecule has 0 saturated carbocycles. The van der Waals surface area contributed by atoms with Gasteiger partial charge in [-0.15, -0.1) is 5.11 Å². The average molecular weight is 647 g/mol. The Morgan fingerprint density at radius 2 is 2.02 bits per heavy atom. The lowest BCUT2D eigenvalue weighted by Crippen LogP contribution is -2.49. The maximum Gasteiger partial charge on any atom is 0.324 e. The molecule has 234 valence electrons. The summed E-state index contributed by atoms with van der Waals surface area (Å²) in [5.41, 5.74) is 15.5. The van der Waals surface area contributed by atoms with Crippen molar-refractivity contribution in [3.05, 3.63) is 63.7 Å². The predicted molar refractivity (Wildman–Crippen MR) is 187 cm³/mol. The molecule has 0 fully saturated rings. The predicted octanol–water partition coefficient (Wildman–Crippen LogP) is 2.62. The third kappa shape index (κ3) is 7.43. The molecule has 47 heavy (non-hydrogen) atoms. The maximum atomic E-state index is 14.6. The first-order valence-corrected chi connectivity index (χ1v) is 15.2. The number of carbonyl (C=O) groups excluding carboxylic acids is 1. The van der Waals surface area contributed by atoms with Crippen molar-refractivity contribution in [1.29, 1.82) is 0 Å². The van der Waals surface area contributed by atoms with Crippen LogP contribution in [-0.4, -0.2) is 86.0 Å². The zero-order valence-electron chi connectivity index (χ0n) is 26.6. The van der Waals surface area contributed by atoms with Crippen LogP contribution in [0, 0.1) is 11.7 Å². The minimum Gasteiger partial charge on any atom is -0.482 e. The van der Waals surface area contributed by atoms with E-state index in [9.17, 15) is 9.18 Å². The Kier molecular flexibility index (Phi) is 11.0. The minimum absolute atomic E-state index is 0.0155. The number of pyridine rings is 1. The molecule has 3 heterocycles. The molecule has 10 radical (unpaired) electrons. The Bertz CT molecular complexity index is 1710. The van der Waals surface area contributed by atoms with Crippen LogP contribution in [0.4, 0.5) is 10.2 Å². The number of ether oxygens (including phenoxy) is 2. The van der Waals surface area contributed by atoms with Crippen LogP contribution >= 0.6 is 11.6 Å². The number of rotatable bonds is 9. The zero-order chi connectivity index (χ0) is 34.8. The van der Waals surface area contributed by atoms with Gasteiger partial charge in [-0.1, -0.05) is 31.9 Å². The molecule has 3 aromatic rings. The maximum absolute atomic E-state index is 14.6. The number of fused-ring (bicyclic) bond motifs is 5. The number of benzene rings is 1. The van der Waals surface area contributed by atoms with Crippen molar-refractivity contribution in [1.82, 2.24) is 14.8 Å². The highest BCUT2D eigenvalue weighted by Crippen LogP contribution is 2.42. The number of carbonyl (C=O) groups is 1. The fourth-order valence-corrected chi connectivity index (χ4v) is 5.21. The van der Waals surface area contributed by atoms with Crippen molar-refractivity contribution >= 4 is 74.5 Å². The van der Waals surface area contributed by atoms with E-state index in [1.54, 1.807) is 32.3 Å². The molecule has 4 rings (SSSR count). The van der Waals surface area contributed by atoms with Gasteiger partial charge in [-0.3, -0.25) is 14.5 Å². The zero-order valence-corrected chi connectivity index (χ0v) is 27.4. The Morgan fingerprint density at radius 1 is 1.32 bits per heavy atom. The summed E-state index contributed by atoms with van der Waals surface area (Å²) in [6, 6.07) is 4.97. The van der Waals surface area contributed by atoms with Crippen LogP contribution in [0.3, 0.4) is 0 Å². The molecular weight excluding hydrogens is 615 g/mol. The molecule has 2 aromatic heterocycles. The van der Waals surface area contributed by atoms with Crippen LogP contribution in [0.25, 0.3) is 17.0 Å². The second-order valence-electron chi connectivity index (χ2n) is 11.5. The lowest BCUT2D eigenvalue weighted by atomic mass is 9.26. The number of nitrogens with two attached hydrogens (primary N) is 2. The summed E-state index contributed by atoms with van der Waals surface area (Å²) in [6.45, 7) is 5.22. The fourth-order valence-electron chi connectivity index (χ4n) is 4.98. The molecule has 3 atom stereocenters. The Labute approximate surface area is 285 Å². The number of nitrogens with zero attached hydrogens (tertiary/aromatic N) is 4. The van der Waals surface area contributed by atoms with E-state index in [0.717, 1.165) is 4.68 Å². The molecule has 10 nitrogen and oxygen atoms in total. The van der Waals surface area contributed by atoms with Gasteiger partial charge in [0.15, 0.2) is 23.5 Å². The molecule has 0 saturated heterocycles. The second-order valence-corrected chi connectivity index (χ2v) is 11.9. The van der Waals surface area contributed by atoms with Crippen LogP contribution in [0.1, 0.15) is 50.0 Å². The molecule has 0 amide bonds. The second kappa shape index (κ2) is 14.2. The molecule has 2 bridgehead atoms. The molecule has 17 heteroatoms. The summed E-state index contributed by atoms with van der Waals surface area (Å²) < 4.78 is 27.5. The number of anilines is 1. The Morgan fingerprint density at radius 3 is 2.66 bits per heavy atom. The fraction of sp³-hybridized carbons (Fsp3) is 0.400. The van der Waals surface area contributed by atoms with Crippen molar-refractivity contribution in [3.63, 3.8) is 0 Å². The summed E-state index contributed by atoms with van der Waals surface area (Å²) >= 11 is 6.72. The number of nitrogens with one attached hydrogen (secondary N) is 1. The normalized spacial score (nSPS) is 18.2. The van der Waals surface area contributed by atoms with Crippen LogP contribution < -0.4 is 21.5 Å². The van der Waals surface area contributed by atoms with E-state index >= 15 is 0 Å². The van der Waals surface area contributed by atoms with Crippen molar-refractivity contribution in [2.24, 2.45) is 22.4 Å². The molecule has 0 aliphatic carbocycles. The number of aromatic nitrogens is 3. The first-order valence-electron chi connectivity index (χ1n) is 14.8. The van der Waals surface area contributed by atoms with Gasteiger partial charge in [0.2, 0.25) is 0 Å². The Balaban J connectivity index is 1.94. The van der Waals surface area contributed by atoms with Gasteiger partial charge in [-0.05, 0) is 48.0 Å².